The van der Waals surface area contributed by atoms with Gasteiger partial charge in [0.15, 0.2) is 0 Å². The number of thiophene rings is 1. The van der Waals surface area contributed by atoms with Gasteiger partial charge in [0.2, 0.25) is 0 Å². The van der Waals surface area contributed by atoms with E-state index in [4.69, 9.17) is 0 Å². The fourth-order valence-electron chi connectivity index (χ4n) is 5.61. The molecule has 0 radical (unpaired) electrons. The summed E-state index contributed by atoms with van der Waals surface area (Å²) in [6.45, 7) is 15.8. The normalized spacial score (nSPS) is 11.4. The second-order valence-corrected chi connectivity index (χ2v) is 16.1. The Bertz CT molecular complexity index is 1780. The van der Waals surface area contributed by atoms with Gasteiger partial charge < -0.3 is 24.8 Å². The monoisotopic (exact) mass is 764 g/mol. The summed E-state index contributed by atoms with van der Waals surface area (Å²) in [6.07, 6.45) is 1.03. The third-order valence-corrected chi connectivity index (χ3v) is 10.6. The van der Waals surface area contributed by atoms with Gasteiger partial charge in [0.1, 0.15) is 0 Å². The molecule has 48 heavy (non-hydrogen) atoms. The molecule has 0 spiro atoms. The Kier molecular flexibility index (Phi) is 14.3. The van der Waals surface area contributed by atoms with Gasteiger partial charge in [-0.25, -0.2) is 11.3 Å². The SMILES string of the molecule is CC(C)(C)c1c[c-]c2c(c1)-c1cc(C(C)(C)C)ccc1C2.Cc1ccc[c-]1-c1ccsc1.[Cl-].[Cl-].[Zr+2]=[C](c1ccccc1)c1ccccc1. The number of fused-ring (bicyclic) bond motifs is 3. The third kappa shape index (κ3) is 9.92. The van der Waals surface area contributed by atoms with Crippen LogP contribution in [0, 0.1) is 13.0 Å². The Balaban J connectivity index is 0.000000202. The first kappa shape index (κ1) is 39.7. The van der Waals surface area contributed by atoms with Gasteiger partial charge in [0.25, 0.3) is 0 Å². The van der Waals surface area contributed by atoms with Crippen molar-refractivity contribution in [1.29, 1.82) is 0 Å². The molecule has 5 aromatic carbocycles. The summed E-state index contributed by atoms with van der Waals surface area (Å²) < 4.78 is 1.42. The zero-order valence-corrected chi connectivity index (χ0v) is 33.8. The van der Waals surface area contributed by atoms with Crippen LogP contribution in [-0.2, 0) is 41.5 Å². The van der Waals surface area contributed by atoms with E-state index < -0.39 is 0 Å². The molecule has 1 heterocycles. The summed E-state index contributed by atoms with van der Waals surface area (Å²) in [5.74, 6) is 0. The predicted molar refractivity (Wildman–Crippen MR) is 197 cm³/mol. The van der Waals surface area contributed by atoms with Gasteiger partial charge in [0.05, 0.1) is 0 Å². The first-order valence-electron chi connectivity index (χ1n) is 16.0. The van der Waals surface area contributed by atoms with Gasteiger partial charge in [-0.05, 0) is 17.4 Å². The standard InChI is InChI=1S/C21H25.C13H10.C10H9S.2ClH.Zr/c1-20(2,3)16-9-7-14-11-15-8-10-17(21(4,5)6)13-19(15)18(14)12-16;1-3-7-12(8-4-1)11-13-9-5-2-6-10-13;1-8-3-2-4-10(8)9-5-6-11-7-9;;;/h7,9-10,12-13H,11H2,1-6H3;1-10H;2-7H,1H3;2*1H;/q-1;;-1;;;+2/p-2. The van der Waals surface area contributed by atoms with Crippen LogP contribution in [0.15, 0.2) is 126 Å². The zero-order chi connectivity index (χ0) is 32.9. The summed E-state index contributed by atoms with van der Waals surface area (Å²) in [7, 11) is 0. The Morgan fingerprint density at radius 1 is 0.708 bits per heavy atom. The maximum atomic E-state index is 3.53. The number of halogens is 2. The van der Waals surface area contributed by atoms with E-state index in [1.165, 1.54) is 88.6 Å². The molecule has 4 heteroatoms. The van der Waals surface area contributed by atoms with Crippen molar-refractivity contribution in [2.24, 2.45) is 0 Å². The summed E-state index contributed by atoms with van der Waals surface area (Å²) in [4.78, 5) is 0. The number of hydrogen-bond acceptors (Lipinski definition) is 1. The minimum absolute atomic E-state index is 0. The molecule has 1 aliphatic rings. The Hall–Kier alpha value is -2.74. The Morgan fingerprint density at radius 2 is 1.29 bits per heavy atom. The Labute approximate surface area is 320 Å². The molecule has 0 amide bonds. The second-order valence-electron chi connectivity index (χ2n) is 14.1. The molecule has 0 N–H and O–H groups in total. The molecule has 0 unspecified atom stereocenters. The van der Waals surface area contributed by atoms with E-state index in [0.29, 0.717) is 0 Å². The molecular weight excluding hydrogens is 723 g/mol. The molecule has 246 valence electrons. The second kappa shape index (κ2) is 17.3. The zero-order valence-electron chi connectivity index (χ0n) is 29.0. The van der Waals surface area contributed by atoms with Crippen molar-refractivity contribution < 1.29 is 49.0 Å². The molecule has 1 aliphatic carbocycles. The molecule has 0 saturated carbocycles. The molecule has 7 rings (SSSR count). The van der Waals surface area contributed by atoms with Crippen molar-refractivity contribution in [1.82, 2.24) is 0 Å². The van der Waals surface area contributed by atoms with Gasteiger partial charge >= 0.3 is 99.2 Å². The van der Waals surface area contributed by atoms with E-state index in [1.807, 2.05) is 0 Å². The average Bonchev–Trinajstić information content (AvgIpc) is 3.81. The van der Waals surface area contributed by atoms with Crippen LogP contribution in [-0.4, -0.2) is 3.21 Å². The van der Waals surface area contributed by atoms with Crippen LogP contribution in [0.25, 0.3) is 22.3 Å². The molecule has 1 aromatic heterocycles. The van der Waals surface area contributed by atoms with Gasteiger partial charge in [-0.1, -0.05) is 99.5 Å². The van der Waals surface area contributed by atoms with Crippen LogP contribution >= 0.6 is 11.3 Å². The molecule has 0 nitrogen and oxygen atoms in total. The van der Waals surface area contributed by atoms with Gasteiger partial charge in [-0.3, -0.25) is 0 Å². The van der Waals surface area contributed by atoms with Crippen molar-refractivity contribution in [3.8, 4) is 22.3 Å². The fourth-order valence-corrected chi connectivity index (χ4v) is 7.09. The van der Waals surface area contributed by atoms with Gasteiger partial charge in [0, 0.05) is 0 Å². The van der Waals surface area contributed by atoms with Crippen LogP contribution in [0.5, 0.6) is 0 Å². The topological polar surface area (TPSA) is 0 Å². The van der Waals surface area contributed by atoms with Crippen LogP contribution in [0.2, 0.25) is 0 Å². The van der Waals surface area contributed by atoms with Crippen molar-refractivity contribution in [2.75, 3.05) is 0 Å². The molecule has 0 saturated heterocycles. The first-order chi connectivity index (χ1) is 21.9. The van der Waals surface area contributed by atoms with Crippen LogP contribution in [0.4, 0.5) is 0 Å². The van der Waals surface area contributed by atoms with Gasteiger partial charge in [-0.2, -0.15) is 35.4 Å². The first-order valence-corrected chi connectivity index (χ1v) is 18.2. The molecule has 6 aromatic rings. The Morgan fingerprint density at radius 3 is 1.79 bits per heavy atom. The van der Waals surface area contributed by atoms with Crippen molar-refractivity contribution in [2.45, 2.75) is 65.7 Å². The maximum absolute atomic E-state index is 3.53. The fraction of sp³-hybridized carbons (Fsp3) is 0.227. The number of aryl methyl sites for hydroxylation is 1. The van der Waals surface area contributed by atoms with Crippen molar-refractivity contribution >= 4 is 14.5 Å². The average molecular weight is 767 g/mol. The summed E-state index contributed by atoms with van der Waals surface area (Å²) in [5, 5.41) is 4.30. The van der Waals surface area contributed by atoms with Crippen molar-refractivity contribution in [3.63, 3.8) is 0 Å². The van der Waals surface area contributed by atoms with Crippen LogP contribution < -0.4 is 24.8 Å². The minimum atomic E-state index is 0. The summed E-state index contributed by atoms with van der Waals surface area (Å²) >= 11 is 3.21. The van der Waals surface area contributed by atoms with E-state index in [-0.39, 0.29) is 35.6 Å². The molecule has 0 fully saturated rings. The van der Waals surface area contributed by atoms with Crippen LogP contribution in [0.1, 0.15) is 80.5 Å². The van der Waals surface area contributed by atoms with E-state index >= 15 is 0 Å². The van der Waals surface area contributed by atoms with E-state index in [9.17, 15) is 0 Å². The third-order valence-electron chi connectivity index (χ3n) is 8.52. The van der Waals surface area contributed by atoms with Crippen molar-refractivity contribution in [3.05, 3.63) is 171 Å². The predicted octanol–water partition coefficient (Wildman–Crippen LogP) is 5.91. The molecular formula is C44H44Cl2SZr-2. The molecule has 0 bridgehead atoms. The number of hydrogen-bond donors (Lipinski definition) is 0. The summed E-state index contributed by atoms with van der Waals surface area (Å²) in [6, 6.07) is 44.7. The van der Waals surface area contributed by atoms with Gasteiger partial charge in [-0.15, -0.1) is 34.9 Å². The number of rotatable bonds is 3. The molecule has 0 atom stereocenters. The van der Waals surface area contributed by atoms with E-state index in [0.717, 1.165) is 6.42 Å². The quantitative estimate of drug-likeness (QED) is 0.197. The van der Waals surface area contributed by atoms with E-state index in [1.54, 1.807) is 11.3 Å². The number of benzene rings is 4. The van der Waals surface area contributed by atoms with Crippen LogP contribution in [0.3, 0.4) is 0 Å². The molecule has 0 aliphatic heterocycles. The van der Waals surface area contributed by atoms with E-state index in [2.05, 4.69) is 181 Å². The summed E-state index contributed by atoms with van der Waals surface area (Å²) in [5.41, 5.74) is 15.5.